The third-order valence-corrected chi connectivity index (χ3v) is 14.2. The predicted octanol–water partition coefficient (Wildman–Crippen LogP) is 14.4. The maximum Gasteiger partial charge on any atom is 0.308 e. The maximum absolute atomic E-state index is 13.0. The van der Waals surface area contributed by atoms with E-state index in [9.17, 15) is 14.7 Å². The van der Waals surface area contributed by atoms with Crippen molar-refractivity contribution >= 4 is 11.9 Å². The van der Waals surface area contributed by atoms with E-state index >= 15 is 0 Å². The van der Waals surface area contributed by atoms with Crippen LogP contribution in [0.4, 0.5) is 0 Å². The number of unbranched alkanes of at least 4 members (excludes halogenated alkanes) is 22. The Morgan fingerprint density at radius 3 is 1.53 bits per heavy atom. The van der Waals surface area contributed by atoms with Gasteiger partial charge in [0.15, 0.2) is 0 Å². The Kier molecular flexibility index (Phi) is 44.5. The van der Waals surface area contributed by atoms with E-state index in [-0.39, 0.29) is 18.5 Å². The van der Waals surface area contributed by atoms with Gasteiger partial charge in [-0.05, 0) is 69.7 Å². The molecule has 0 aromatic rings. The van der Waals surface area contributed by atoms with Gasteiger partial charge in [-0.15, -0.1) is 0 Å². The number of carbonyl (C=O) groups is 2. The maximum atomic E-state index is 13.0. The third kappa shape index (κ3) is 37.8. The van der Waals surface area contributed by atoms with Crippen LogP contribution >= 0.6 is 0 Å². The van der Waals surface area contributed by atoms with Gasteiger partial charge in [0.05, 0.1) is 32.8 Å². The standard InChI is InChI=1S/C56H111N3O5/c1-5-9-13-17-21-26-34-52(35-27-22-18-14-10-6-2)50-57-55(61)40-30-25-33-42-58(43-44-59(45-47-60)54-38-31-32-39-54)46-49-63-48-41-56(62)64-51-53(36-28-23-19-15-11-7-3)37-29-24-20-16-12-8-4/h52-54,60H,5-51H2,1-4H3,(H,57,61). The first-order chi connectivity index (χ1) is 31.5. The SMILES string of the molecule is CCCCCCCCC(CCCCCCCC)CNC(=O)CCCCCN(CCOCCC(=O)OCC(CCCCCCCC)CCCCCCCC)CCN(CCO)C1CCCC1. The average Bonchev–Trinajstić information content (AvgIpc) is 3.84. The van der Waals surface area contributed by atoms with E-state index in [4.69, 9.17) is 9.47 Å². The van der Waals surface area contributed by atoms with Gasteiger partial charge in [0.2, 0.25) is 5.91 Å². The second-order valence-electron chi connectivity index (χ2n) is 20.2. The lowest BCUT2D eigenvalue weighted by Gasteiger charge is -2.31. The Morgan fingerprint density at radius 1 is 0.531 bits per heavy atom. The normalized spacial score (nSPS) is 13.4. The molecule has 0 unspecified atom stereocenters. The molecule has 0 atom stereocenters. The van der Waals surface area contributed by atoms with Crippen molar-refractivity contribution in [3.05, 3.63) is 0 Å². The van der Waals surface area contributed by atoms with Crippen molar-refractivity contribution in [3.8, 4) is 0 Å². The number of amides is 1. The third-order valence-electron chi connectivity index (χ3n) is 14.2. The van der Waals surface area contributed by atoms with E-state index in [1.165, 1.54) is 205 Å². The number of nitrogens with one attached hydrogen (secondary N) is 1. The van der Waals surface area contributed by atoms with E-state index in [2.05, 4.69) is 42.8 Å². The van der Waals surface area contributed by atoms with Gasteiger partial charge < -0.3 is 19.9 Å². The lowest BCUT2D eigenvalue weighted by Crippen LogP contribution is -2.42. The van der Waals surface area contributed by atoms with Crippen LogP contribution in [0.25, 0.3) is 0 Å². The van der Waals surface area contributed by atoms with Crippen LogP contribution in [0.3, 0.4) is 0 Å². The Labute approximate surface area is 398 Å². The predicted molar refractivity (Wildman–Crippen MR) is 274 cm³/mol. The molecule has 1 aliphatic rings. The molecule has 1 saturated carbocycles. The van der Waals surface area contributed by atoms with Crippen LogP contribution in [-0.2, 0) is 19.1 Å². The second-order valence-corrected chi connectivity index (χ2v) is 20.2. The Balaban J connectivity index is 2.54. The number of esters is 1. The number of hydrogen-bond acceptors (Lipinski definition) is 7. The summed E-state index contributed by atoms with van der Waals surface area (Å²) in [6.45, 7) is 16.1. The zero-order valence-electron chi connectivity index (χ0n) is 43.4. The molecule has 2 N–H and O–H groups in total. The minimum absolute atomic E-state index is 0.126. The zero-order chi connectivity index (χ0) is 46.4. The molecule has 1 rings (SSSR count). The molecule has 1 aliphatic carbocycles. The molecule has 0 bridgehead atoms. The van der Waals surface area contributed by atoms with Crippen molar-refractivity contribution in [2.45, 2.75) is 271 Å². The summed E-state index contributed by atoms with van der Waals surface area (Å²) < 4.78 is 11.9. The van der Waals surface area contributed by atoms with Crippen molar-refractivity contribution in [1.82, 2.24) is 15.1 Å². The van der Waals surface area contributed by atoms with Crippen LogP contribution in [0.2, 0.25) is 0 Å². The first-order valence-electron chi connectivity index (χ1n) is 28.5. The minimum atomic E-state index is -0.126. The largest absolute Gasteiger partial charge is 0.465 e. The van der Waals surface area contributed by atoms with Gasteiger partial charge in [-0.25, -0.2) is 0 Å². The number of ether oxygens (including phenoxy) is 2. The second kappa shape index (κ2) is 46.9. The van der Waals surface area contributed by atoms with Gasteiger partial charge in [0.25, 0.3) is 0 Å². The molecule has 1 fully saturated rings. The molecule has 8 heteroatoms. The van der Waals surface area contributed by atoms with Gasteiger partial charge >= 0.3 is 5.97 Å². The molecule has 380 valence electrons. The van der Waals surface area contributed by atoms with Crippen molar-refractivity contribution in [2.24, 2.45) is 11.8 Å². The van der Waals surface area contributed by atoms with Crippen LogP contribution in [0.15, 0.2) is 0 Å². The number of carbonyl (C=O) groups excluding carboxylic acids is 2. The fraction of sp³-hybridized carbons (Fsp3) is 0.964. The van der Waals surface area contributed by atoms with Crippen LogP contribution < -0.4 is 5.32 Å². The van der Waals surface area contributed by atoms with Gasteiger partial charge in [0, 0.05) is 45.2 Å². The summed E-state index contributed by atoms with van der Waals surface area (Å²) in [4.78, 5) is 30.8. The van der Waals surface area contributed by atoms with Crippen LogP contribution in [0.1, 0.15) is 265 Å². The summed E-state index contributed by atoms with van der Waals surface area (Å²) in [5.74, 6) is 1.19. The summed E-state index contributed by atoms with van der Waals surface area (Å²) in [5, 5.41) is 13.2. The highest BCUT2D eigenvalue weighted by Gasteiger charge is 2.23. The molecular formula is C56H111N3O5. The van der Waals surface area contributed by atoms with Gasteiger partial charge in [0.1, 0.15) is 0 Å². The lowest BCUT2D eigenvalue weighted by molar-refractivity contribution is -0.146. The molecule has 0 saturated heterocycles. The molecule has 0 radical (unpaired) electrons. The number of aliphatic hydroxyl groups is 1. The van der Waals surface area contributed by atoms with E-state index in [0.29, 0.717) is 50.5 Å². The highest BCUT2D eigenvalue weighted by atomic mass is 16.5. The first-order valence-corrected chi connectivity index (χ1v) is 28.5. The highest BCUT2D eigenvalue weighted by Crippen LogP contribution is 2.24. The number of hydrogen-bond donors (Lipinski definition) is 2. The zero-order valence-corrected chi connectivity index (χ0v) is 43.4. The monoisotopic (exact) mass is 906 g/mol. The molecule has 8 nitrogen and oxygen atoms in total. The van der Waals surface area contributed by atoms with Crippen molar-refractivity contribution in [3.63, 3.8) is 0 Å². The van der Waals surface area contributed by atoms with E-state index in [0.717, 1.165) is 58.5 Å². The number of nitrogens with zero attached hydrogens (tertiary/aromatic N) is 2. The quantitative estimate of drug-likeness (QED) is 0.0464. The minimum Gasteiger partial charge on any atom is -0.465 e. The molecule has 0 spiro atoms. The summed E-state index contributed by atoms with van der Waals surface area (Å²) in [6.07, 6.45) is 45.5. The Hall–Kier alpha value is -1.22. The summed E-state index contributed by atoms with van der Waals surface area (Å²) in [6, 6.07) is 0.585. The lowest BCUT2D eigenvalue weighted by atomic mass is 9.94. The number of rotatable bonds is 50. The van der Waals surface area contributed by atoms with E-state index < -0.39 is 0 Å². The topological polar surface area (TPSA) is 91.3 Å². The fourth-order valence-corrected chi connectivity index (χ4v) is 9.87. The summed E-state index contributed by atoms with van der Waals surface area (Å²) in [5.41, 5.74) is 0. The molecule has 1 amide bonds. The molecule has 0 aromatic heterocycles. The van der Waals surface area contributed by atoms with Crippen LogP contribution in [0, 0.1) is 11.8 Å². The van der Waals surface area contributed by atoms with Crippen molar-refractivity contribution in [2.75, 3.05) is 65.7 Å². The van der Waals surface area contributed by atoms with Crippen molar-refractivity contribution in [1.29, 1.82) is 0 Å². The summed E-state index contributed by atoms with van der Waals surface area (Å²) in [7, 11) is 0. The first kappa shape index (κ1) is 60.8. The Morgan fingerprint density at radius 2 is 1.02 bits per heavy atom. The molecule has 0 aromatic carbocycles. The highest BCUT2D eigenvalue weighted by molar-refractivity contribution is 5.75. The van der Waals surface area contributed by atoms with Gasteiger partial charge in [-0.2, -0.15) is 0 Å². The fourth-order valence-electron chi connectivity index (χ4n) is 9.87. The molecule has 0 heterocycles. The summed E-state index contributed by atoms with van der Waals surface area (Å²) >= 11 is 0. The van der Waals surface area contributed by atoms with E-state index in [1.54, 1.807) is 0 Å². The Bertz CT molecular complexity index is 900. The molecule has 0 aliphatic heterocycles. The van der Waals surface area contributed by atoms with Crippen LogP contribution in [-0.4, -0.2) is 98.5 Å². The van der Waals surface area contributed by atoms with E-state index in [1.807, 2.05) is 0 Å². The van der Waals surface area contributed by atoms with Crippen molar-refractivity contribution < 1.29 is 24.2 Å². The smallest absolute Gasteiger partial charge is 0.308 e. The molecular weight excluding hydrogens is 795 g/mol. The van der Waals surface area contributed by atoms with Gasteiger partial charge in [-0.1, -0.05) is 201 Å². The number of aliphatic hydroxyl groups excluding tert-OH is 1. The van der Waals surface area contributed by atoms with Gasteiger partial charge in [-0.3, -0.25) is 19.4 Å². The average molecular weight is 907 g/mol. The molecule has 64 heavy (non-hydrogen) atoms. The van der Waals surface area contributed by atoms with Crippen LogP contribution in [0.5, 0.6) is 0 Å².